The molecule has 0 spiro atoms. The molecule has 1 heterocycles. The highest BCUT2D eigenvalue weighted by Crippen LogP contribution is 2.18. The lowest BCUT2D eigenvalue weighted by molar-refractivity contribution is -0.134. The van der Waals surface area contributed by atoms with E-state index in [0.717, 1.165) is 30.3 Å². The number of benzene rings is 1. The SMILES string of the molecule is C[C@H]1C[C@@H](N)CCN1C(=O)CCc1ccc(Br)cc1. The Labute approximate surface area is 123 Å². The summed E-state index contributed by atoms with van der Waals surface area (Å²) >= 11 is 3.41. The molecule has 104 valence electrons. The van der Waals surface area contributed by atoms with E-state index in [-0.39, 0.29) is 18.0 Å². The van der Waals surface area contributed by atoms with Crippen molar-refractivity contribution >= 4 is 21.8 Å². The van der Waals surface area contributed by atoms with E-state index in [1.54, 1.807) is 0 Å². The third-order valence-corrected chi connectivity index (χ3v) is 4.31. The topological polar surface area (TPSA) is 46.3 Å². The second-order valence-electron chi connectivity index (χ2n) is 5.35. The van der Waals surface area contributed by atoms with Crippen molar-refractivity contribution in [2.75, 3.05) is 6.54 Å². The molecular weight excluding hydrogens is 304 g/mol. The van der Waals surface area contributed by atoms with E-state index in [1.807, 2.05) is 17.0 Å². The molecule has 1 aliphatic rings. The minimum atomic E-state index is 0.252. The van der Waals surface area contributed by atoms with Crippen LogP contribution < -0.4 is 5.73 Å². The van der Waals surface area contributed by atoms with Gasteiger partial charge in [-0.25, -0.2) is 0 Å². The van der Waals surface area contributed by atoms with E-state index >= 15 is 0 Å². The van der Waals surface area contributed by atoms with Crippen molar-refractivity contribution < 1.29 is 4.79 Å². The summed E-state index contributed by atoms with van der Waals surface area (Å²) in [5.41, 5.74) is 7.13. The molecule has 1 aromatic rings. The minimum absolute atomic E-state index is 0.252. The van der Waals surface area contributed by atoms with Crippen LogP contribution in [0.15, 0.2) is 28.7 Å². The predicted octanol–water partition coefficient (Wildman–Crippen LogP) is 2.72. The number of halogens is 1. The summed E-state index contributed by atoms with van der Waals surface area (Å²) in [7, 11) is 0. The Morgan fingerprint density at radius 2 is 2.11 bits per heavy atom. The van der Waals surface area contributed by atoms with Crippen LogP contribution in [0.2, 0.25) is 0 Å². The molecule has 1 fully saturated rings. The van der Waals surface area contributed by atoms with E-state index in [0.29, 0.717) is 6.42 Å². The van der Waals surface area contributed by atoms with Crippen LogP contribution in [0.25, 0.3) is 0 Å². The van der Waals surface area contributed by atoms with E-state index < -0.39 is 0 Å². The number of amides is 1. The third-order valence-electron chi connectivity index (χ3n) is 3.78. The number of piperidine rings is 1. The molecule has 0 radical (unpaired) electrons. The summed E-state index contributed by atoms with van der Waals surface area (Å²) in [6, 6.07) is 8.69. The van der Waals surface area contributed by atoms with Crippen LogP contribution in [-0.4, -0.2) is 29.4 Å². The van der Waals surface area contributed by atoms with Gasteiger partial charge in [-0.2, -0.15) is 0 Å². The number of carbonyl (C=O) groups is 1. The number of nitrogens with zero attached hydrogens (tertiary/aromatic N) is 1. The smallest absolute Gasteiger partial charge is 0.223 e. The van der Waals surface area contributed by atoms with E-state index in [9.17, 15) is 4.79 Å². The van der Waals surface area contributed by atoms with Crippen molar-refractivity contribution in [2.45, 2.75) is 44.7 Å². The van der Waals surface area contributed by atoms with Crippen LogP contribution in [0.5, 0.6) is 0 Å². The Balaban J connectivity index is 1.85. The zero-order valence-corrected chi connectivity index (χ0v) is 12.9. The molecule has 2 rings (SSSR count). The van der Waals surface area contributed by atoms with Gasteiger partial charge in [0.2, 0.25) is 5.91 Å². The van der Waals surface area contributed by atoms with Crippen molar-refractivity contribution in [2.24, 2.45) is 5.73 Å². The van der Waals surface area contributed by atoms with Crippen LogP contribution in [0.3, 0.4) is 0 Å². The highest BCUT2D eigenvalue weighted by Gasteiger charge is 2.26. The molecule has 0 unspecified atom stereocenters. The molecule has 1 saturated heterocycles. The zero-order valence-electron chi connectivity index (χ0n) is 11.3. The molecule has 0 saturated carbocycles. The number of nitrogens with two attached hydrogens (primary N) is 1. The van der Waals surface area contributed by atoms with Gasteiger partial charge in [-0.1, -0.05) is 28.1 Å². The molecule has 1 amide bonds. The van der Waals surface area contributed by atoms with Crippen molar-refractivity contribution in [1.82, 2.24) is 4.90 Å². The highest BCUT2D eigenvalue weighted by molar-refractivity contribution is 9.10. The molecule has 0 aliphatic carbocycles. The quantitative estimate of drug-likeness (QED) is 0.929. The van der Waals surface area contributed by atoms with Gasteiger partial charge in [-0.15, -0.1) is 0 Å². The number of aryl methyl sites for hydroxylation is 1. The van der Waals surface area contributed by atoms with Crippen LogP contribution >= 0.6 is 15.9 Å². The van der Waals surface area contributed by atoms with E-state index in [2.05, 4.69) is 35.0 Å². The van der Waals surface area contributed by atoms with Crippen molar-refractivity contribution in [1.29, 1.82) is 0 Å². The maximum atomic E-state index is 12.2. The third kappa shape index (κ3) is 4.05. The average Bonchev–Trinajstić information content (AvgIpc) is 2.37. The molecule has 3 nitrogen and oxygen atoms in total. The van der Waals surface area contributed by atoms with Crippen LogP contribution in [0.1, 0.15) is 31.7 Å². The maximum Gasteiger partial charge on any atom is 0.223 e. The molecule has 4 heteroatoms. The summed E-state index contributed by atoms with van der Waals surface area (Å²) in [4.78, 5) is 14.2. The Kier molecular flexibility index (Phi) is 4.99. The lowest BCUT2D eigenvalue weighted by Crippen LogP contribution is -2.48. The normalized spacial score (nSPS) is 23.4. The lowest BCUT2D eigenvalue weighted by atomic mass is 9.98. The van der Waals surface area contributed by atoms with Gasteiger partial charge in [-0.3, -0.25) is 4.79 Å². The van der Waals surface area contributed by atoms with Crippen molar-refractivity contribution in [3.63, 3.8) is 0 Å². The van der Waals surface area contributed by atoms with Gasteiger partial charge in [-0.05, 0) is 43.9 Å². The molecule has 1 aliphatic heterocycles. The van der Waals surface area contributed by atoms with Crippen LogP contribution in [0.4, 0.5) is 0 Å². The fraction of sp³-hybridized carbons (Fsp3) is 0.533. The number of likely N-dealkylation sites (tertiary alicyclic amines) is 1. The highest BCUT2D eigenvalue weighted by atomic mass is 79.9. The second kappa shape index (κ2) is 6.53. The molecule has 2 atom stereocenters. The Morgan fingerprint density at radius 3 is 2.74 bits per heavy atom. The molecule has 0 aromatic heterocycles. The number of rotatable bonds is 3. The van der Waals surface area contributed by atoms with Crippen LogP contribution in [0, 0.1) is 0 Å². The first kappa shape index (κ1) is 14.5. The second-order valence-corrected chi connectivity index (χ2v) is 6.26. The molecular formula is C15H21BrN2O. The summed E-state index contributed by atoms with van der Waals surface area (Å²) in [6.07, 6.45) is 3.24. The first-order valence-corrected chi connectivity index (χ1v) is 7.65. The molecule has 1 aromatic carbocycles. The number of carbonyl (C=O) groups excluding carboxylic acids is 1. The Bertz CT molecular complexity index is 432. The number of hydrogen-bond donors (Lipinski definition) is 1. The summed E-state index contributed by atoms with van der Waals surface area (Å²) in [5, 5.41) is 0. The molecule has 2 N–H and O–H groups in total. The van der Waals surface area contributed by atoms with Gasteiger partial charge in [0.25, 0.3) is 0 Å². The fourth-order valence-corrected chi connectivity index (χ4v) is 2.89. The maximum absolute atomic E-state index is 12.2. The van der Waals surface area contributed by atoms with E-state index in [4.69, 9.17) is 5.73 Å². The lowest BCUT2D eigenvalue weighted by Gasteiger charge is -2.36. The van der Waals surface area contributed by atoms with Gasteiger partial charge >= 0.3 is 0 Å². The van der Waals surface area contributed by atoms with Gasteiger partial charge in [0, 0.05) is 29.5 Å². The largest absolute Gasteiger partial charge is 0.340 e. The van der Waals surface area contributed by atoms with Crippen LogP contribution in [-0.2, 0) is 11.2 Å². The Morgan fingerprint density at radius 1 is 1.42 bits per heavy atom. The van der Waals surface area contributed by atoms with Gasteiger partial charge < -0.3 is 10.6 Å². The van der Waals surface area contributed by atoms with Crippen molar-refractivity contribution in [3.05, 3.63) is 34.3 Å². The molecule has 0 bridgehead atoms. The summed E-state index contributed by atoms with van der Waals surface area (Å²) < 4.78 is 1.07. The summed E-state index contributed by atoms with van der Waals surface area (Å²) in [6.45, 7) is 2.90. The monoisotopic (exact) mass is 324 g/mol. The molecule has 19 heavy (non-hydrogen) atoms. The first-order chi connectivity index (χ1) is 9.06. The predicted molar refractivity (Wildman–Crippen MR) is 80.8 cm³/mol. The summed E-state index contributed by atoms with van der Waals surface area (Å²) in [5.74, 6) is 0.252. The van der Waals surface area contributed by atoms with Gasteiger partial charge in [0.15, 0.2) is 0 Å². The van der Waals surface area contributed by atoms with Crippen molar-refractivity contribution in [3.8, 4) is 0 Å². The standard InChI is InChI=1S/C15H21BrN2O/c1-11-10-14(17)8-9-18(11)15(19)7-4-12-2-5-13(16)6-3-12/h2-3,5-6,11,14H,4,7-10,17H2,1H3/t11-,14-/m0/s1. The van der Waals surface area contributed by atoms with Gasteiger partial charge in [0.05, 0.1) is 0 Å². The minimum Gasteiger partial charge on any atom is -0.340 e. The Hall–Kier alpha value is -0.870. The fourth-order valence-electron chi connectivity index (χ4n) is 2.62. The number of hydrogen-bond acceptors (Lipinski definition) is 2. The first-order valence-electron chi connectivity index (χ1n) is 6.86. The van der Waals surface area contributed by atoms with Gasteiger partial charge in [0.1, 0.15) is 0 Å². The average molecular weight is 325 g/mol. The van der Waals surface area contributed by atoms with E-state index in [1.165, 1.54) is 5.56 Å². The zero-order chi connectivity index (χ0) is 13.8.